The number of aromatic nitrogens is 1. The molecule has 1 aromatic rings. The van der Waals surface area contributed by atoms with Gasteiger partial charge in [-0.3, -0.25) is 9.78 Å². The summed E-state index contributed by atoms with van der Waals surface area (Å²) in [7, 11) is 1.42. The molecule has 0 fully saturated rings. The number of nitrogens with zero attached hydrogens (tertiary/aromatic N) is 1. The number of methoxy groups -OCH3 is 1. The smallest absolute Gasteiger partial charge is 0.314 e. The molecule has 0 aromatic carbocycles. The van der Waals surface area contributed by atoms with Crippen LogP contribution in [-0.2, 0) is 16.0 Å². The summed E-state index contributed by atoms with van der Waals surface area (Å²) in [6, 6.07) is 3.92. The number of aryl methyl sites for hydroxylation is 1. The van der Waals surface area contributed by atoms with E-state index in [4.69, 9.17) is 4.74 Å². The van der Waals surface area contributed by atoms with Crippen LogP contribution < -0.4 is 0 Å². The van der Waals surface area contributed by atoms with Crippen molar-refractivity contribution in [3.63, 3.8) is 0 Å². The number of carbonyl (C=O) groups is 1. The van der Waals surface area contributed by atoms with Crippen molar-refractivity contribution in [3.8, 4) is 0 Å². The van der Waals surface area contributed by atoms with E-state index in [1.165, 1.54) is 12.7 Å². The van der Waals surface area contributed by atoms with E-state index in [0.717, 1.165) is 18.5 Å². The predicted octanol–water partition coefficient (Wildman–Crippen LogP) is 1.28. The summed E-state index contributed by atoms with van der Waals surface area (Å²) in [4.78, 5) is 15.5. The van der Waals surface area contributed by atoms with E-state index >= 15 is 0 Å². The monoisotopic (exact) mass is 177 g/mol. The van der Waals surface area contributed by atoms with Gasteiger partial charge >= 0.3 is 5.97 Å². The number of hydrogen-bond acceptors (Lipinski definition) is 3. The van der Waals surface area contributed by atoms with Gasteiger partial charge in [0.05, 0.1) is 18.7 Å². The first-order valence-corrected chi connectivity index (χ1v) is 4.34. The van der Waals surface area contributed by atoms with Crippen LogP contribution in [-0.4, -0.2) is 18.1 Å². The average molecular weight is 177 g/mol. The molecule has 3 heteroatoms. The van der Waals surface area contributed by atoms with Crippen molar-refractivity contribution < 1.29 is 9.53 Å². The molecule has 1 aromatic heterocycles. The van der Waals surface area contributed by atoms with Crippen LogP contribution in [0.1, 0.15) is 23.6 Å². The minimum Gasteiger partial charge on any atom is -0.469 e. The summed E-state index contributed by atoms with van der Waals surface area (Å²) < 4.78 is 4.71. The zero-order valence-corrected chi connectivity index (χ0v) is 7.49. The fraction of sp³-hybridized carbons (Fsp3) is 0.400. The van der Waals surface area contributed by atoms with E-state index in [2.05, 4.69) is 4.98 Å². The van der Waals surface area contributed by atoms with Crippen LogP contribution in [0.3, 0.4) is 0 Å². The van der Waals surface area contributed by atoms with Gasteiger partial charge in [0.2, 0.25) is 0 Å². The molecular formula is C10H11NO2. The van der Waals surface area contributed by atoms with Gasteiger partial charge in [-0.25, -0.2) is 0 Å². The number of rotatable bonds is 1. The van der Waals surface area contributed by atoms with Crippen molar-refractivity contribution in [1.29, 1.82) is 0 Å². The minimum absolute atomic E-state index is 0.138. The summed E-state index contributed by atoms with van der Waals surface area (Å²) in [6.45, 7) is 0. The molecule has 0 radical (unpaired) electrons. The standard InChI is InChI=1S/C10H11NO2/c1-13-10(12)8-5-4-7-3-2-6-11-9(7)8/h2-3,6,8H,4-5H2,1H3/t8-/m1/s1. The Labute approximate surface area is 76.7 Å². The van der Waals surface area contributed by atoms with Crippen molar-refractivity contribution >= 4 is 5.97 Å². The first-order chi connectivity index (χ1) is 6.33. The number of pyridine rings is 1. The van der Waals surface area contributed by atoms with Crippen LogP contribution in [0.25, 0.3) is 0 Å². The van der Waals surface area contributed by atoms with E-state index in [0.29, 0.717) is 0 Å². The van der Waals surface area contributed by atoms with Crippen LogP contribution >= 0.6 is 0 Å². The molecule has 0 spiro atoms. The highest BCUT2D eigenvalue weighted by Crippen LogP contribution is 2.31. The van der Waals surface area contributed by atoms with E-state index in [9.17, 15) is 4.79 Å². The summed E-state index contributed by atoms with van der Waals surface area (Å²) in [5.74, 6) is -0.307. The maximum atomic E-state index is 11.3. The average Bonchev–Trinajstić information content (AvgIpc) is 2.60. The molecule has 0 saturated carbocycles. The molecule has 2 rings (SSSR count). The van der Waals surface area contributed by atoms with Crippen LogP contribution in [0.5, 0.6) is 0 Å². The summed E-state index contributed by atoms with van der Waals surface area (Å²) in [6.07, 6.45) is 3.49. The number of hydrogen-bond donors (Lipinski definition) is 0. The molecule has 1 aliphatic rings. The quantitative estimate of drug-likeness (QED) is 0.607. The molecule has 0 aliphatic heterocycles. The Kier molecular flexibility index (Phi) is 2.00. The zero-order chi connectivity index (χ0) is 9.26. The predicted molar refractivity (Wildman–Crippen MR) is 47.3 cm³/mol. The normalized spacial score (nSPS) is 19.6. The maximum absolute atomic E-state index is 11.3. The van der Waals surface area contributed by atoms with E-state index in [-0.39, 0.29) is 11.9 Å². The second kappa shape index (κ2) is 3.17. The lowest BCUT2D eigenvalue weighted by Gasteiger charge is -2.06. The Hall–Kier alpha value is -1.38. The molecule has 1 atom stereocenters. The van der Waals surface area contributed by atoms with Crippen molar-refractivity contribution in [2.45, 2.75) is 18.8 Å². The van der Waals surface area contributed by atoms with Gasteiger partial charge < -0.3 is 4.74 Å². The molecule has 68 valence electrons. The van der Waals surface area contributed by atoms with Gasteiger partial charge in [-0.05, 0) is 24.5 Å². The molecule has 3 nitrogen and oxygen atoms in total. The maximum Gasteiger partial charge on any atom is 0.314 e. The molecule has 0 amide bonds. The highest BCUT2D eigenvalue weighted by atomic mass is 16.5. The summed E-state index contributed by atoms with van der Waals surface area (Å²) >= 11 is 0. The van der Waals surface area contributed by atoms with Crippen molar-refractivity contribution in [3.05, 3.63) is 29.6 Å². The number of esters is 1. The van der Waals surface area contributed by atoms with E-state index < -0.39 is 0 Å². The summed E-state index contributed by atoms with van der Waals surface area (Å²) in [5, 5.41) is 0. The SMILES string of the molecule is COC(=O)[C@@H]1CCc2cccnc21. The van der Waals surface area contributed by atoms with Crippen LogP contribution in [0, 0.1) is 0 Å². The molecule has 0 bridgehead atoms. The molecule has 1 aliphatic carbocycles. The summed E-state index contributed by atoms with van der Waals surface area (Å²) in [5.41, 5.74) is 2.08. The number of ether oxygens (including phenoxy) is 1. The number of carbonyl (C=O) groups excluding carboxylic acids is 1. The molecule has 0 unspecified atom stereocenters. The highest BCUT2D eigenvalue weighted by molar-refractivity contribution is 5.78. The Morgan fingerprint density at radius 1 is 1.69 bits per heavy atom. The molecule has 0 N–H and O–H groups in total. The largest absolute Gasteiger partial charge is 0.469 e. The van der Waals surface area contributed by atoms with E-state index in [1.54, 1.807) is 6.20 Å². The third kappa shape index (κ3) is 1.30. The van der Waals surface area contributed by atoms with Gasteiger partial charge in [-0.15, -0.1) is 0 Å². The third-order valence-electron chi connectivity index (χ3n) is 2.44. The van der Waals surface area contributed by atoms with E-state index in [1.807, 2.05) is 12.1 Å². The van der Waals surface area contributed by atoms with Crippen LogP contribution in [0.2, 0.25) is 0 Å². The van der Waals surface area contributed by atoms with Gasteiger partial charge in [0, 0.05) is 6.20 Å². The Morgan fingerprint density at radius 2 is 2.54 bits per heavy atom. The Balaban J connectivity index is 2.33. The molecular weight excluding hydrogens is 166 g/mol. The van der Waals surface area contributed by atoms with Crippen molar-refractivity contribution in [1.82, 2.24) is 4.98 Å². The topological polar surface area (TPSA) is 39.2 Å². The van der Waals surface area contributed by atoms with Crippen LogP contribution in [0.4, 0.5) is 0 Å². The third-order valence-corrected chi connectivity index (χ3v) is 2.44. The second-order valence-electron chi connectivity index (χ2n) is 3.16. The van der Waals surface area contributed by atoms with Crippen LogP contribution in [0.15, 0.2) is 18.3 Å². The Morgan fingerprint density at radius 3 is 3.31 bits per heavy atom. The Bertz CT molecular complexity index is 335. The zero-order valence-electron chi connectivity index (χ0n) is 7.49. The highest BCUT2D eigenvalue weighted by Gasteiger charge is 2.30. The van der Waals surface area contributed by atoms with Gasteiger partial charge in [0.25, 0.3) is 0 Å². The lowest BCUT2D eigenvalue weighted by molar-refractivity contribution is -0.142. The molecule has 13 heavy (non-hydrogen) atoms. The van der Waals surface area contributed by atoms with Crippen molar-refractivity contribution in [2.75, 3.05) is 7.11 Å². The van der Waals surface area contributed by atoms with Crippen molar-refractivity contribution in [2.24, 2.45) is 0 Å². The van der Waals surface area contributed by atoms with Gasteiger partial charge in [-0.2, -0.15) is 0 Å². The second-order valence-corrected chi connectivity index (χ2v) is 3.16. The minimum atomic E-state index is -0.169. The lowest BCUT2D eigenvalue weighted by atomic mass is 10.1. The molecule has 0 saturated heterocycles. The van der Waals surface area contributed by atoms with Gasteiger partial charge in [0.1, 0.15) is 0 Å². The first kappa shape index (κ1) is 8.23. The lowest BCUT2D eigenvalue weighted by Crippen LogP contribution is -2.12. The first-order valence-electron chi connectivity index (χ1n) is 4.34. The molecule has 1 heterocycles. The van der Waals surface area contributed by atoms with Gasteiger partial charge in [0.15, 0.2) is 0 Å². The van der Waals surface area contributed by atoms with Gasteiger partial charge in [-0.1, -0.05) is 6.07 Å². The fourth-order valence-electron chi connectivity index (χ4n) is 1.78. The number of fused-ring (bicyclic) bond motifs is 1. The fourth-order valence-corrected chi connectivity index (χ4v) is 1.78.